The summed E-state index contributed by atoms with van der Waals surface area (Å²) in [5.41, 5.74) is 1.66. The van der Waals surface area contributed by atoms with Crippen LogP contribution in [0.15, 0.2) is 35.6 Å². The normalized spacial score (nSPS) is 12.7. The quantitative estimate of drug-likeness (QED) is 0.284. The minimum absolute atomic E-state index is 0.244. The molecule has 0 fully saturated rings. The maximum Gasteiger partial charge on any atom is 0.190 e. The zero-order chi connectivity index (χ0) is 15.7. The molecule has 3 aromatic rings. The fourth-order valence-electron chi connectivity index (χ4n) is 2.06. The van der Waals surface area contributed by atoms with Gasteiger partial charge in [0.1, 0.15) is 5.15 Å². The highest BCUT2D eigenvalue weighted by Crippen LogP contribution is 2.27. The highest BCUT2D eigenvalue weighted by atomic mass is 35.5. The van der Waals surface area contributed by atoms with E-state index >= 15 is 0 Å². The van der Waals surface area contributed by atoms with Gasteiger partial charge in [-0.1, -0.05) is 47.1 Å². The molecule has 0 saturated heterocycles. The van der Waals surface area contributed by atoms with Crippen molar-refractivity contribution in [3.05, 3.63) is 46.2 Å². The Hall–Kier alpha value is -1.01. The molecule has 22 heavy (non-hydrogen) atoms. The second-order valence-corrected chi connectivity index (χ2v) is 6.68. The maximum atomic E-state index is 6.48. The van der Waals surface area contributed by atoms with Crippen molar-refractivity contribution in [3.63, 3.8) is 0 Å². The number of aromatic nitrogens is 4. The van der Waals surface area contributed by atoms with E-state index < -0.39 is 0 Å². The van der Waals surface area contributed by atoms with E-state index in [1.807, 2.05) is 30.5 Å². The van der Waals surface area contributed by atoms with Gasteiger partial charge >= 0.3 is 0 Å². The van der Waals surface area contributed by atoms with Crippen molar-refractivity contribution < 1.29 is 0 Å². The summed E-state index contributed by atoms with van der Waals surface area (Å²) in [6, 6.07) is 7.44. The second-order valence-electron chi connectivity index (χ2n) is 4.58. The molecular formula is C14H11Cl3N4S. The molecule has 0 bridgehead atoms. The zero-order valence-corrected chi connectivity index (χ0v) is 14.6. The minimum Gasteiger partial charge on any atom is -0.245 e. The lowest BCUT2D eigenvalue weighted by molar-refractivity contribution is 0.613. The molecule has 0 aliphatic carbocycles. The predicted molar refractivity (Wildman–Crippen MR) is 92.2 cm³/mol. The van der Waals surface area contributed by atoms with Crippen LogP contribution in [0.25, 0.3) is 11.0 Å². The number of hydrogen-bond donors (Lipinski definition) is 0. The molecule has 1 atom stereocenters. The molecule has 1 unspecified atom stereocenters. The lowest BCUT2D eigenvalue weighted by atomic mass is 10.1. The maximum absolute atomic E-state index is 6.48. The third-order valence-electron chi connectivity index (χ3n) is 3.18. The van der Waals surface area contributed by atoms with Crippen molar-refractivity contribution in [1.29, 1.82) is 0 Å². The highest BCUT2D eigenvalue weighted by molar-refractivity contribution is 7.98. The van der Waals surface area contributed by atoms with E-state index in [4.69, 9.17) is 34.8 Å². The Bertz CT molecular complexity index is 804. The molecule has 8 heteroatoms. The van der Waals surface area contributed by atoms with Gasteiger partial charge in [0.2, 0.25) is 0 Å². The van der Waals surface area contributed by atoms with E-state index in [0.717, 1.165) is 10.9 Å². The van der Waals surface area contributed by atoms with Gasteiger partial charge in [-0.3, -0.25) is 0 Å². The fraction of sp³-hybridized carbons (Fsp3) is 0.214. The summed E-state index contributed by atoms with van der Waals surface area (Å²) in [7, 11) is 0. The molecule has 1 aromatic carbocycles. The lowest BCUT2D eigenvalue weighted by Crippen LogP contribution is -2.07. The Labute approximate surface area is 146 Å². The van der Waals surface area contributed by atoms with Gasteiger partial charge in [-0.2, -0.15) is 5.10 Å². The first-order chi connectivity index (χ1) is 10.6. The van der Waals surface area contributed by atoms with Gasteiger partial charge in [-0.15, -0.1) is 11.6 Å². The highest BCUT2D eigenvalue weighted by Gasteiger charge is 2.15. The van der Waals surface area contributed by atoms with Crippen LogP contribution in [0.1, 0.15) is 10.9 Å². The van der Waals surface area contributed by atoms with Crippen LogP contribution in [0.3, 0.4) is 0 Å². The zero-order valence-electron chi connectivity index (χ0n) is 11.5. The molecule has 3 rings (SSSR count). The molecule has 0 aliphatic heterocycles. The van der Waals surface area contributed by atoms with Gasteiger partial charge in [-0.05, 0) is 24.0 Å². The molecule has 4 nitrogen and oxygen atoms in total. The molecular weight excluding hydrogens is 363 g/mol. The Kier molecular flexibility index (Phi) is 4.78. The fourth-order valence-corrected chi connectivity index (χ4v) is 3.08. The summed E-state index contributed by atoms with van der Waals surface area (Å²) in [6.45, 7) is 0.480. The Morgan fingerprint density at radius 3 is 2.59 bits per heavy atom. The van der Waals surface area contributed by atoms with E-state index in [0.29, 0.717) is 27.5 Å². The van der Waals surface area contributed by atoms with Crippen LogP contribution in [-0.2, 0) is 6.54 Å². The summed E-state index contributed by atoms with van der Waals surface area (Å²) < 4.78 is 1.74. The van der Waals surface area contributed by atoms with E-state index in [-0.39, 0.29) is 5.38 Å². The van der Waals surface area contributed by atoms with Crippen LogP contribution in [-0.4, -0.2) is 26.0 Å². The van der Waals surface area contributed by atoms with Crippen LogP contribution in [0, 0.1) is 0 Å². The standard InChI is InChI=1S/C14H11Cl3N4S/c1-22-14-19-12(17)10-6-18-21(13(10)20-14)7-11(16)8-2-4-9(15)5-3-8/h2-6,11H,7H2,1H3. The van der Waals surface area contributed by atoms with Crippen molar-refractivity contribution in [2.45, 2.75) is 17.1 Å². The molecule has 114 valence electrons. The van der Waals surface area contributed by atoms with Gasteiger partial charge in [0.25, 0.3) is 0 Å². The SMILES string of the molecule is CSc1nc(Cl)c2cnn(CC(Cl)c3ccc(Cl)cc3)c2n1. The summed E-state index contributed by atoms with van der Waals surface area (Å²) in [5.74, 6) is 0. The number of alkyl halides is 1. The lowest BCUT2D eigenvalue weighted by Gasteiger charge is -2.11. The summed E-state index contributed by atoms with van der Waals surface area (Å²) >= 11 is 20.0. The van der Waals surface area contributed by atoms with Crippen LogP contribution in [0.4, 0.5) is 0 Å². The molecule has 0 aliphatic rings. The first-order valence-electron chi connectivity index (χ1n) is 6.41. The first-order valence-corrected chi connectivity index (χ1v) is 8.83. The predicted octanol–water partition coefficient (Wildman–Crippen LogP) is 4.84. The number of hydrogen-bond acceptors (Lipinski definition) is 4. The average Bonchev–Trinajstić information content (AvgIpc) is 2.91. The van der Waals surface area contributed by atoms with Crippen LogP contribution < -0.4 is 0 Å². The van der Waals surface area contributed by atoms with Gasteiger partial charge in [0, 0.05) is 5.02 Å². The van der Waals surface area contributed by atoms with Gasteiger partial charge < -0.3 is 0 Å². The van der Waals surface area contributed by atoms with Crippen molar-refractivity contribution >= 4 is 57.6 Å². The van der Waals surface area contributed by atoms with E-state index in [1.54, 1.807) is 10.9 Å². The summed E-state index contributed by atoms with van der Waals surface area (Å²) in [4.78, 5) is 8.66. The third-order valence-corrected chi connectivity index (χ3v) is 4.65. The number of nitrogens with zero attached hydrogens (tertiary/aromatic N) is 4. The Morgan fingerprint density at radius 2 is 1.91 bits per heavy atom. The first kappa shape index (κ1) is 15.9. The van der Waals surface area contributed by atoms with Gasteiger partial charge in [0.15, 0.2) is 10.8 Å². The molecule has 0 radical (unpaired) electrons. The number of benzene rings is 1. The van der Waals surface area contributed by atoms with Gasteiger partial charge in [0.05, 0.1) is 23.5 Å². The van der Waals surface area contributed by atoms with Crippen LogP contribution in [0.2, 0.25) is 10.2 Å². The van der Waals surface area contributed by atoms with E-state index in [9.17, 15) is 0 Å². The monoisotopic (exact) mass is 372 g/mol. The van der Waals surface area contributed by atoms with Crippen LogP contribution >= 0.6 is 46.6 Å². The number of halogens is 3. The molecule has 2 aromatic heterocycles. The van der Waals surface area contributed by atoms with Crippen LogP contribution in [0.5, 0.6) is 0 Å². The summed E-state index contributed by atoms with van der Waals surface area (Å²) in [5, 5.41) is 6.49. The molecule has 0 amide bonds. The van der Waals surface area contributed by atoms with Crippen molar-refractivity contribution in [3.8, 4) is 0 Å². The van der Waals surface area contributed by atoms with Crippen molar-refractivity contribution in [1.82, 2.24) is 19.7 Å². The number of thioether (sulfide) groups is 1. The summed E-state index contributed by atoms with van der Waals surface area (Å²) in [6.07, 6.45) is 3.56. The van der Waals surface area contributed by atoms with E-state index in [1.165, 1.54) is 11.8 Å². The molecule has 0 N–H and O–H groups in total. The average molecular weight is 374 g/mol. The Morgan fingerprint density at radius 1 is 1.18 bits per heavy atom. The molecule has 0 spiro atoms. The second kappa shape index (κ2) is 6.62. The van der Waals surface area contributed by atoms with Crippen molar-refractivity contribution in [2.75, 3.05) is 6.26 Å². The number of rotatable bonds is 4. The Balaban J connectivity index is 1.93. The smallest absolute Gasteiger partial charge is 0.190 e. The minimum atomic E-state index is -0.244. The molecule has 2 heterocycles. The van der Waals surface area contributed by atoms with Crippen molar-refractivity contribution in [2.24, 2.45) is 0 Å². The third kappa shape index (κ3) is 3.18. The van der Waals surface area contributed by atoms with E-state index in [2.05, 4.69) is 15.1 Å². The van der Waals surface area contributed by atoms with Gasteiger partial charge in [-0.25, -0.2) is 14.6 Å². The molecule has 0 saturated carbocycles. The largest absolute Gasteiger partial charge is 0.245 e. The number of fused-ring (bicyclic) bond motifs is 1. The topological polar surface area (TPSA) is 43.6 Å².